The lowest BCUT2D eigenvalue weighted by Crippen LogP contribution is -2.29. The van der Waals surface area contributed by atoms with Crippen molar-refractivity contribution in [2.24, 2.45) is 0 Å². The van der Waals surface area contributed by atoms with Crippen molar-refractivity contribution in [3.05, 3.63) is 107 Å². The van der Waals surface area contributed by atoms with Crippen molar-refractivity contribution in [3.63, 3.8) is 0 Å². The van der Waals surface area contributed by atoms with Crippen molar-refractivity contribution in [1.29, 1.82) is 0 Å². The highest BCUT2D eigenvalue weighted by molar-refractivity contribution is 7.80. The molecule has 2 aromatic carbocycles. The maximum absolute atomic E-state index is 11.4. The average Bonchev–Trinajstić information content (AvgIpc) is 3.49. The van der Waals surface area contributed by atoms with Gasteiger partial charge in [-0.15, -0.1) is 0 Å². The van der Waals surface area contributed by atoms with Crippen LogP contribution < -0.4 is 15.5 Å². The second-order valence-corrected chi connectivity index (χ2v) is 8.62. The Kier molecular flexibility index (Phi) is 6.17. The quantitative estimate of drug-likeness (QED) is 0.206. The Morgan fingerprint density at radius 3 is 2.61 bits per heavy atom. The second-order valence-electron chi connectivity index (χ2n) is 8.23. The van der Waals surface area contributed by atoms with Crippen LogP contribution in [0.3, 0.4) is 0 Å². The molecule has 1 saturated heterocycles. The van der Waals surface area contributed by atoms with Gasteiger partial charge in [-0.2, -0.15) is 0 Å². The molecule has 2 N–H and O–H groups in total. The predicted octanol–water partition coefficient (Wildman–Crippen LogP) is 5.39. The largest absolute Gasteiger partial charge is 0.459 e. The summed E-state index contributed by atoms with van der Waals surface area (Å²) in [6.07, 6.45) is 1.72. The van der Waals surface area contributed by atoms with Gasteiger partial charge in [0.25, 0.3) is 5.69 Å². The lowest BCUT2D eigenvalue weighted by molar-refractivity contribution is -0.384. The molecule has 9 nitrogen and oxygen atoms in total. The standard InChI is InChI=1S/C26H21N5O4S/c1-16(32)28-18-8-10-19(11-9-18)30-25(24(29-26(30)36)21-7-2-3-14-27-21)23-13-12-22(35-23)17-5-4-6-20(15-17)31(33)34/h2-15,24-25H,1H3,(H,28,32)(H,29,36)/t24-,25+/m0/s1. The molecule has 0 radical (unpaired) electrons. The van der Waals surface area contributed by atoms with Gasteiger partial charge < -0.3 is 20.0 Å². The number of nitro benzene ring substituents is 1. The first-order valence-electron chi connectivity index (χ1n) is 11.1. The molecule has 0 aliphatic carbocycles. The van der Waals surface area contributed by atoms with E-state index >= 15 is 0 Å². The molecule has 0 unspecified atom stereocenters. The van der Waals surface area contributed by atoms with Crippen LogP contribution in [0.2, 0.25) is 0 Å². The summed E-state index contributed by atoms with van der Waals surface area (Å²) in [6, 6.07) is 22.3. The molecule has 5 rings (SSSR count). The third kappa shape index (κ3) is 4.53. The van der Waals surface area contributed by atoms with Crippen LogP contribution in [0.15, 0.2) is 89.5 Å². The Balaban J connectivity index is 1.55. The van der Waals surface area contributed by atoms with Crippen molar-refractivity contribution in [3.8, 4) is 11.3 Å². The fraction of sp³-hybridized carbons (Fsp3) is 0.115. The van der Waals surface area contributed by atoms with Crippen LogP contribution in [0, 0.1) is 10.1 Å². The van der Waals surface area contributed by atoms with Crippen molar-refractivity contribution < 1.29 is 14.1 Å². The maximum Gasteiger partial charge on any atom is 0.270 e. The van der Waals surface area contributed by atoms with Gasteiger partial charge in [0.15, 0.2) is 5.11 Å². The number of non-ortho nitro benzene ring substituents is 1. The number of amides is 1. The number of hydrogen-bond acceptors (Lipinski definition) is 6. The number of rotatable bonds is 6. The van der Waals surface area contributed by atoms with Crippen molar-refractivity contribution in [2.45, 2.75) is 19.0 Å². The zero-order valence-electron chi connectivity index (χ0n) is 19.1. The average molecular weight is 500 g/mol. The van der Waals surface area contributed by atoms with Crippen LogP contribution in [0.1, 0.15) is 30.5 Å². The van der Waals surface area contributed by atoms with Gasteiger partial charge in [-0.25, -0.2) is 0 Å². The van der Waals surface area contributed by atoms with E-state index in [0.717, 1.165) is 11.4 Å². The molecule has 1 amide bonds. The minimum atomic E-state index is -0.434. The van der Waals surface area contributed by atoms with E-state index in [2.05, 4.69) is 15.6 Å². The number of benzene rings is 2. The molecule has 2 atom stereocenters. The molecule has 36 heavy (non-hydrogen) atoms. The summed E-state index contributed by atoms with van der Waals surface area (Å²) in [5.74, 6) is 0.969. The summed E-state index contributed by atoms with van der Waals surface area (Å²) < 4.78 is 6.27. The summed E-state index contributed by atoms with van der Waals surface area (Å²) in [7, 11) is 0. The molecule has 1 aliphatic heterocycles. The number of pyridine rings is 1. The second kappa shape index (κ2) is 9.59. The fourth-order valence-corrected chi connectivity index (χ4v) is 4.62. The number of furan rings is 1. The van der Waals surface area contributed by atoms with Crippen LogP contribution in [0.4, 0.5) is 17.1 Å². The molecule has 3 heterocycles. The number of nitro groups is 1. The lowest BCUT2D eigenvalue weighted by Gasteiger charge is -2.26. The third-order valence-electron chi connectivity index (χ3n) is 5.82. The Labute approximate surface area is 211 Å². The predicted molar refractivity (Wildman–Crippen MR) is 139 cm³/mol. The summed E-state index contributed by atoms with van der Waals surface area (Å²) >= 11 is 5.73. The number of anilines is 2. The molecule has 1 aliphatic rings. The Bertz CT molecular complexity index is 1440. The number of hydrogen-bond donors (Lipinski definition) is 2. The molecule has 10 heteroatoms. The first-order valence-corrected chi connectivity index (χ1v) is 11.5. The first-order chi connectivity index (χ1) is 17.4. The summed E-state index contributed by atoms with van der Waals surface area (Å²) in [6.45, 7) is 1.46. The summed E-state index contributed by atoms with van der Waals surface area (Å²) in [5.41, 5.74) is 2.85. The molecule has 180 valence electrons. The zero-order chi connectivity index (χ0) is 25.2. The first kappa shape index (κ1) is 23.2. The molecule has 2 aromatic heterocycles. The van der Waals surface area contributed by atoms with E-state index in [1.54, 1.807) is 36.5 Å². The highest BCUT2D eigenvalue weighted by Gasteiger charge is 2.42. The van der Waals surface area contributed by atoms with Crippen LogP contribution in [-0.4, -0.2) is 20.9 Å². The molecule has 0 saturated carbocycles. The van der Waals surface area contributed by atoms with E-state index in [9.17, 15) is 14.9 Å². The van der Waals surface area contributed by atoms with Gasteiger partial charge in [-0.05, 0) is 60.7 Å². The zero-order valence-corrected chi connectivity index (χ0v) is 19.9. The van der Waals surface area contributed by atoms with Gasteiger partial charge >= 0.3 is 0 Å². The number of aromatic nitrogens is 1. The van der Waals surface area contributed by atoms with Crippen molar-refractivity contribution in [1.82, 2.24) is 10.3 Å². The van der Waals surface area contributed by atoms with Crippen LogP contribution >= 0.6 is 12.2 Å². The molecule has 0 bridgehead atoms. The van der Waals surface area contributed by atoms with Crippen molar-refractivity contribution >= 4 is 40.3 Å². The van der Waals surface area contributed by atoms with E-state index in [1.807, 2.05) is 41.3 Å². The van der Waals surface area contributed by atoms with Gasteiger partial charge in [0.2, 0.25) is 5.91 Å². The minimum Gasteiger partial charge on any atom is -0.459 e. The molecule has 1 fully saturated rings. The van der Waals surface area contributed by atoms with Gasteiger partial charge in [-0.3, -0.25) is 19.9 Å². The monoisotopic (exact) mass is 499 g/mol. The number of carbonyl (C=O) groups is 1. The summed E-state index contributed by atoms with van der Waals surface area (Å²) in [5, 5.41) is 17.9. The van der Waals surface area contributed by atoms with E-state index in [4.69, 9.17) is 16.6 Å². The van der Waals surface area contributed by atoms with E-state index in [0.29, 0.717) is 27.9 Å². The van der Waals surface area contributed by atoms with Gasteiger partial charge in [0, 0.05) is 42.2 Å². The number of nitrogens with zero attached hydrogens (tertiary/aromatic N) is 3. The van der Waals surface area contributed by atoms with Crippen LogP contribution in [0.25, 0.3) is 11.3 Å². The van der Waals surface area contributed by atoms with Gasteiger partial charge in [-0.1, -0.05) is 18.2 Å². The molecule has 4 aromatic rings. The van der Waals surface area contributed by atoms with E-state index in [-0.39, 0.29) is 23.7 Å². The van der Waals surface area contributed by atoms with Crippen molar-refractivity contribution in [2.75, 3.05) is 10.2 Å². The van der Waals surface area contributed by atoms with Gasteiger partial charge in [0.1, 0.15) is 17.6 Å². The van der Waals surface area contributed by atoms with Gasteiger partial charge in [0.05, 0.1) is 16.7 Å². The Hall–Kier alpha value is -4.57. The molecular weight excluding hydrogens is 478 g/mol. The van der Waals surface area contributed by atoms with Crippen LogP contribution in [-0.2, 0) is 4.79 Å². The fourth-order valence-electron chi connectivity index (χ4n) is 4.27. The highest BCUT2D eigenvalue weighted by atomic mass is 32.1. The molecular formula is C26H21N5O4S. The van der Waals surface area contributed by atoms with E-state index < -0.39 is 4.92 Å². The lowest BCUT2D eigenvalue weighted by atomic mass is 10.0. The normalized spacial score (nSPS) is 17.0. The number of nitrogens with one attached hydrogen (secondary N) is 2. The Morgan fingerprint density at radius 1 is 1.11 bits per heavy atom. The smallest absolute Gasteiger partial charge is 0.270 e. The minimum absolute atomic E-state index is 0.0126. The topological polar surface area (TPSA) is 114 Å². The molecule has 0 spiro atoms. The summed E-state index contributed by atoms with van der Waals surface area (Å²) in [4.78, 5) is 28.7. The maximum atomic E-state index is 11.4. The van der Waals surface area contributed by atoms with Crippen LogP contribution in [0.5, 0.6) is 0 Å². The number of carbonyl (C=O) groups excluding carboxylic acids is 1. The third-order valence-corrected chi connectivity index (χ3v) is 6.14. The SMILES string of the molecule is CC(=O)Nc1ccc(N2C(=S)N[C@@H](c3ccccn3)[C@H]2c2ccc(-c3cccc([N+](=O)[O-])c3)o2)cc1. The highest BCUT2D eigenvalue weighted by Crippen LogP contribution is 2.43. The van der Waals surface area contributed by atoms with E-state index in [1.165, 1.54) is 19.1 Å². The number of thiocarbonyl (C=S) groups is 1. The Morgan fingerprint density at radius 2 is 1.92 bits per heavy atom.